The number of carbonyl (C=O) groups is 1. The molecular weight excluding hydrogens is 236 g/mol. The van der Waals surface area contributed by atoms with E-state index in [9.17, 15) is 4.79 Å². The van der Waals surface area contributed by atoms with Gasteiger partial charge in [0.15, 0.2) is 0 Å². The van der Waals surface area contributed by atoms with Crippen molar-refractivity contribution in [2.75, 3.05) is 12.4 Å². The van der Waals surface area contributed by atoms with E-state index < -0.39 is 0 Å². The van der Waals surface area contributed by atoms with Crippen molar-refractivity contribution in [1.29, 1.82) is 0 Å². The molecule has 2 N–H and O–H groups in total. The molecule has 0 radical (unpaired) electrons. The first kappa shape index (κ1) is 15.5. The molecule has 1 amide bonds. The van der Waals surface area contributed by atoms with Crippen LogP contribution in [0.15, 0.2) is 18.2 Å². The van der Waals surface area contributed by atoms with E-state index in [1.165, 1.54) is 0 Å². The monoisotopic (exact) mass is 262 g/mol. The maximum atomic E-state index is 12.2. The molecule has 0 spiro atoms. The minimum absolute atomic E-state index is 0.0187. The fraction of sp³-hybridized carbons (Fsp3) is 0.562. The molecular formula is C16H26N2O. The first-order valence-corrected chi connectivity index (χ1v) is 7.12. The third-order valence-corrected chi connectivity index (χ3v) is 3.87. The second kappa shape index (κ2) is 7.17. The van der Waals surface area contributed by atoms with Gasteiger partial charge in [0.25, 0.3) is 5.91 Å². The molecule has 1 atom stereocenters. The summed E-state index contributed by atoms with van der Waals surface area (Å²) in [6.45, 7) is 8.43. The van der Waals surface area contributed by atoms with Crippen molar-refractivity contribution >= 4 is 11.6 Å². The minimum atomic E-state index is 0.0187. The van der Waals surface area contributed by atoms with Gasteiger partial charge in [0.1, 0.15) is 0 Å². The molecule has 0 aromatic heterocycles. The highest BCUT2D eigenvalue weighted by atomic mass is 16.1. The van der Waals surface area contributed by atoms with Gasteiger partial charge < -0.3 is 10.6 Å². The zero-order valence-electron chi connectivity index (χ0n) is 12.7. The van der Waals surface area contributed by atoms with E-state index in [2.05, 4.69) is 31.4 Å². The number of nitrogens with one attached hydrogen (secondary N) is 2. The normalized spacial score (nSPS) is 12.3. The quantitative estimate of drug-likeness (QED) is 0.822. The van der Waals surface area contributed by atoms with Crippen LogP contribution in [0.25, 0.3) is 0 Å². The standard InChI is InChI=1S/C16H26N2O/c1-6-13(7-2)12(4)18-16(19)14-8-9-15(17-5)11(3)10-14/h8-10,12-13,17H,6-7H2,1-5H3,(H,18,19). The van der Waals surface area contributed by atoms with Crippen molar-refractivity contribution in [2.24, 2.45) is 5.92 Å². The number of aryl methyl sites for hydroxylation is 1. The molecule has 1 aromatic rings. The van der Waals surface area contributed by atoms with Crippen molar-refractivity contribution < 1.29 is 4.79 Å². The average Bonchev–Trinajstić information content (AvgIpc) is 2.39. The van der Waals surface area contributed by atoms with E-state index >= 15 is 0 Å². The van der Waals surface area contributed by atoms with E-state index in [1.807, 2.05) is 32.2 Å². The van der Waals surface area contributed by atoms with Gasteiger partial charge in [0.05, 0.1) is 0 Å². The Morgan fingerprint density at radius 2 is 1.89 bits per heavy atom. The first-order chi connectivity index (χ1) is 9.03. The van der Waals surface area contributed by atoms with Crippen LogP contribution in [0, 0.1) is 12.8 Å². The molecule has 0 saturated carbocycles. The number of anilines is 1. The molecule has 0 aliphatic heterocycles. The lowest BCUT2D eigenvalue weighted by Crippen LogP contribution is -2.37. The van der Waals surface area contributed by atoms with Crippen LogP contribution >= 0.6 is 0 Å². The van der Waals surface area contributed by atoms with E-state index in [1.54, 1.807) is 0 Å². The summed E-state index contributed by atoms with van der Waals surface area (Å²) in [7, 11) is 1.89. The zero-order chi connectivity index (χ0) is 14.4. The SMILES string of the molecule is CCC(CC)C(C)NC(=O)c1ccc(NC)c(C)c1. The predicted octanol–water partition coefficient (Wildman–Crippen LogP) is 3.59. The van der Waals surface area contributed by atoms with Gasteiger partial charge in [-0.25, -0.2) is 0 Å². The molecule has 19 heavy (non-hydrogen) atoms. The minimum Gasteiger partial charge on any atom is -0.388 e. The molecule has 0 saturated heterocycles. The summed E-state index contributed by atoms with van der Waals surface area (Å²) in [6, 6.07) is 5.97. The molecule has 1 rings (SSSR count). The Bertz CT molecular complexity index is 425. The smallest absolute Gasteiger partial charge is 0.251 e. The molecule has 1 unspecified atom stereocenters. The number of benzene rings is 1. The molecule has 106 valence electrons. The third kappa shape index (κ3) is 3.98. The van der Waals surface area contributed by atoms with Gasteiger partial charge in [0.2, 0.25) is 0 Å². The first-order valence-electron chi connectivity index (χ1n) is 7.12. The third-order valence-electron chi connectivity index (χ3n) is 3.87. The van der Waals surface area contributed by atoms with Gasteiger partial charge in [-0.3, -0.25) is 4.79 Å². The van der Waals surface area contributed by atoms with Crippen LogP contribution in [0.1, 0.15) is 49.5 Å². The highest BCUT2D eigenvalue weighted by molar-refractivity contribution is 5.95. The van der Waals surface area contributed by atoms with E-state index in [0.29, 0.717) is 5.92 Å². The number of amides is 1. The fourth-order valence-electron chi connectivity index (χ4n) is 2.49. The van der Waals surface area contributed by atoms with Gasteiger partial charge >= 0.3 is 0 Å². The molecule has 3 heteroatoms. The Kier molecular flexibility index (Phi) is 5.87. The highest BCUT2D eigenvalue weighted by Crippen LogP contribution is 2.17. The van der Waals surface area contributed by atoms with Gasteiger partial charge in [-0.05, 0) is 43.5 Å². The van der Waals surface area contributed by atoms with Gasteiger partial charge in [0, 0.05) is 24.3 Å². The van der Waals surface area contributed by atoms with Gasteiger partial charge in [-0.1, -0.05) is 26.7 Å². The van der Waals surface area contributed by atoms with Gasteiger partial charge in [-0.15, -0.1) is 0 Å². The van der Waals surface area contributed by atoms with Crippen molar-refractivity contribution in [3.05, 3.63) is 29.3 Å². The molecule has 0 bridgehead atoms. The Morgan fingerprint density at radius 3 is 2.37 bits per heavy atom. The van der Waals surface area contributed by atoms with Crippen LogP contribution in [-0.4, -0.2) is 19.0 Å². The predicted molar refractivity (Wildman–Crippen MR) is 81.7 cm³/mol. The lowest BCUT2D eigenvalue weighted by Gasteiger charge is -2.22. The van der Waals surface area contributed by atoms with Crippen molar-refractivity contribution in [2.45, 2.75) is 46.6 Å². The Hall–Kier alpha value is -1.51. The Balaban J connectivity index is 2.75. The molecule has 3 nitrogen and oxygen atoms in total. The summed E-state index contributed by atoms with van der Waals surface area (Å²) in [5, 5.41) is 6.21. The topological polar surface area (TPSA) is 41.1 Å². The summed E-state index contributed by atoms with van der Waals surface area (Å²) >= 11 is 0. The van der Waals surface area contributed by atoms with Crippen LogP contribution in [0.4, 0.5) is 5.69 Å². The molecule has 0 aliphatic carbocycles. The highest BCUT2D eigenvalue weighted by Gasteiger charge is 2.16. The average molecular weight is 262 g/mol. The van der Waals surface area contributed by atoms with Crippen molar-refractivity contribution in [3.63, 3.8) is 0 Å². The lowest BCUT2D eigenvalue weighted by molar-refractivity contribution is 0.0925. The lowest BCUT2D eigenvalue weighted by atomic mass is 9.95. The molecule has 0 heterocycles. The van der Waals surface area contributed by atoms with E-state index in [4.69, 9.17) is 0 Å². The fourth-order valence-corrected chi connectivity index (χ4v) is 2.49. The van der Waals surface area contributed by atoms with Crippen LogP contribution < -0.4 is 10.6 Å². The van der Waals surface area contributed by atoms with Gasteiger partial charge in [-0.2, -0.15) is 0 Å². The summed E-state index contributed by atoms with van der Waals surface area (Å²) in [6.07, 6.45) is 2.19. The molecule has 1 aromatic carbocycles. The summed E-state index contributed by atoms with van der Waals surface area (Å²) in [5.74, 6) is 0.562. The Morgan fingerprint density at radius 1 is 1.26 bits per heavy atom. The molecule has 0 fully saturated rings. The van der Waals surface area contributed by atoms with E-state index in [0.717, 1.165) is 29.7 Å². The zero-order valence-corrected chi connectivity index (χ0v) is 12.7. The Labute approximate surface area is 116 Å². The summed E-state index contributed by atoms with van der Waals surface area (Å²) in [5.41, 5.74) is 2.88. The van der Waals surface area contributed by atoms with E-state index in [-0.39, 0.29) is 11.9 Å². The second-order valence-electron chi connectivity index (χ2n) is 5.12. The van der Waals surface area contributed by atoms with Crippen LogP contribution in [0.2, 0.25) is 0 Å². The number of rotatable bonds is 6. The largest absolute Gasteiger partial charge is 0.388 e. The van der Waals surface area contributed by atoms with Crippen molar-refractivity contribution in [3.8, 4) is 0 Å². The maximum absolute atomic E-state index is 12.2. The van der Waals surface area contributed by atoms with Crippen LogP contribution in [0.3, 0.4) is 0 Å². The van der Waals surface area contributed by atoms with Crippen LogP contribution in [0.5, 0.6) is 0 Å². The summed E-state index contributed by atoms with van der Waals surface area (Å²) < 4.78 is 0. The number of hydrogen-bond acceptors (Lipinski definition) is 2. The molecule has 0 aliphatic rings. The summed E-state index contributed by atoms with van der Waals surface area (Å²) in [4.78, 5) is 12.2. The van der Waals surface area contributed by atoms with Crippen LogP contribution in [-0.2, 0) is 0 Å². The van der Waals surface area contributed by atoms with Crippen molar-refractivity contribution in [1.82, 2.24) is 5.32 Å². The maximum Gasteiger partial charge on any atom is 0.251 e. The second-order valence-corrected chi connectivity index (χ2v) is 5.12. The number of carbonyl (C=O) groups excluding carboxylic acids is 1. The number of hydrogen-bond donors (Lipinski definition) is 2.